The number of nitrogens with zero attached hydrogens (tertiary/aromatic N) is 3. The Labute approximate surface area is 195 Å². The van der Waals surface area contributed by atoms with Gasteiger partial charge >= 0.3 is 0 Å². The van der Waals surface area contributed by atoms with Gasteiger partial charge in [-0.2, -0.15) is 0 Å². The SMILES string of the molecule is COc1ccccc1OCCN1CCN(Cc2oc(CN3CCCCC3)cc(=O)c2O)CC1. The van der Waals surface area contributed by atoms with E-state index in [1.165, 1.54) is 25.3 Å². The Hall–Kier alpha value is -2.55. The second kappa shape index (κ2) is 11.5. The van der Waals surface area contributed by atoms with Gasteiger partial charge in [-0.25, -0.2) is 0 Å². The monoisotopic (exact) mass is 457 g/mol. The van der Waals surface area contributed by atoms with Crippen molar-refractivity contribution in [2.24, 2.45) is 0 Å². The lowest BCUT2D eigenvalue weighted by Crippen LogP contribution is -2.47. The molecule has 2 saturated heterocycles. The number of rotatable bonds is 9. The minimum absolute atomic E-state index is 0.259. The Bertz CT molecular complexity index is 949. The van der Waals surface area contributed by atoms with Crippen molar-refractivity contribution in [2.45, 2.75) is 32.4 Å². The molecule has 0 aliphatic carbocycles. The van der Waals surface area contributed by atoms with Crippen LogP contribution in [0.3, 0.4) is 0 Å². The zero-order chi connectivity index (χ0) is 23.0. The lowest BCUT2D eigenvalue weighted by Gasteiger charge is -2.34. The molecule has 33 heavy (non-hydrogen) atoms. The molecule has 0 atom stereocenters. The third kappa shape index (κ3) is 6.50. The van der Waals surface area contributed by atoms with Gasteiger partial charge in [0, 0.05) is 38.8 Å². The van der Waals surface area contributed by atoms with Gasteiger partial charge in [0.1, 0.15) is 12.4 Å². The average molecular weight is 458 g/mol. The lowest BCUT2D eigenvalue weighted by molar-refractivity contribution is 0.104. The molecule has 2 aromatic rings. The summed E-state index contributed by atoms with van der Waals surface area (Å²) in [6.45, 7) is 8.03. The number of benzene rings is 1. The molecule has 1 aromatic heterocycles. The van der Waals surface area contributed by atoms with Crippen molar-refractivity contribution in [1.82, 2.24) is 14.7 Å². The number of aromatic hydroxyl groups is 1. The van der Waals surface area contributed by atoms with Crippen LogP contribution in [0, 0.1) is 0 Å². The zero-order valence-electron chi connectivity index (χ0n) is 19.5. The first-order chi connectivity index (χ1) is 16.1. The van der Waals surface area contributed by atoms with E-state index in [9.17, 15) is 9.90 Å². The van der Waals surface area contributed by atoms with Crippen LogP contribution in [-0.2, 0) is 13.1 Å². The van der Waals surface area contributed by atoms with Crippen molar-refractivity contribution >= 4 is 0 Å². The Kier molecular flexibility index (Phi) is 8.25. The lowest BCUT2D eigenvalue weighted by atomic mass is 10.1. The molecule has 8 nitrogen and oxygen atoms in total. The molecular formula is C25H35N3O5. The van der Waals surface area contributed by atoms with E-state index >= 15 is 0 Å². The van der Waals surface area contributed by atoms with Gasteiger partial charge in [0.15, 0.2) is 17.3 Å². The van der Waals surface area contributed by atoms with E-state index in [0.29, 0.717) is 31.2 Å². The largest absolute Gasteiger partial charge is 0.502 e. The predicted molar refractivity (Wildman–Crippen MR) is 126 cm³/mol. The fourth-order valence-electron chi connectivity index (χ4n) is 4.51. The number of hydrogen-bond donors (Lipinski definition) is 1. The number of likely N-dealkylation sites (tertiary alicyclic amines) is 1. The van der Waals surface area contributed by atoms with Gasteiger partial charge in [-0.05, 0) is 38.1 Å². The Morgan fingerprint density at radius 1 is 0.909 bits per heavy atom. The molecule has 8 heteroatoms. The summed E-state index contributed by atoms with van der Waals surface area (Å²) >= 11 is 0. The summed E-state index contributed by atoms with van der Waals surface area (Å²) in [7, 11) is 1.64. The van der Waals surface area contributed by atoms with Crippen molar-refractivity contribution in [2.75, 3.05) is 59.5 Å². The van der Waals surface area contributed by atoms with Crippen LogP contribution in [0.25, 0.3) is 0 Å². The van der Waals surface area contributed by atoms with E-state index in [0.717, 1.165) is 57.3 Å². The van der Waals surface area contributed by atoms with Crippen LogP contribution in [0.5, 0.6) is 17.2 Å². The second-order valence-electron chi connectivity index (χ2n) is 8.80. The molecule has 0 radical (unpaired) electrons. The Morgan fingerprint density at radius 2 is 1.58 bits per heavy atom. The molecule has 1 aromatic carbocycles. The van der Waals surface area contributed by atoms with Crippen molar-refractivity contribution < 1.29 is 19.0 Å². The molecule has 2 fully saturated rings. The standard InChI is InChI=1S/C25H35N3O5/c1-31-22-7-3-4-8-23(22)32-16-15-26-11-13-28(14-12-26)19-24-25(30)21(29)17-20(33-24)18-27-9-5-2-6-10-27/h3-4,7-8,17,30H,2,5-6,9-16,18-19H2,1H3. The number of para-hydroxylation sites is 2. The van der Waals surface area contributed by atoms with Gasteiger partial charge in [-0.1, -0.05) is 18.6 Å². The van der Waals surface area contributed by atoms with Gasteiger partial charge in [0.05, 0.1) is 20.2 Å². The molecule has 3 heterocycles. The van der Waals surface area contributed by atoms with E-state index in [-0.39, 0.29) is 11.2 Å². The molecule has 0 unspecified atom stereocenters. The molecule has 0 bridgehead atoms. The van der Waals surface area contributed by atoms with Gasteiger partial charge < -0.3 is 19.0 Å². The fourth-order valence-corrected chi connectivity index (χ4v) is 4.51. The van der Waals surface area contributed by atoms with E-state index in [1.807, 2.05) is 24.3 Å². The summed E-state index contributed by atoms with van der Waals surface area (Å²) in [5.41, 5.74) is -0.351. The molecule has 0 saturated carbocycles. The number of hydrogen-bond acceptors (Lipinski definition) is 8. The first kappa shape index (κ1) is 23.6. The summed E-state index contributed by atoms with van der Waals surface area (Å²) in [6.07, 6.45) is 3.63. The maximum Gasteiger partial charge on any atom is 0.227 e. The molecule has 0 spiro atoms. The summed E-state index contributed by atoms with van der Waals surface area (Å²) in [5, 5.41) is 10.3. The van der Waals surface area contributed by atoms with Crippen LogP contribution in [-0.4, -0.2) is 79.3 Å². The maximum atomic E-state index is 12.3. The summed E-state index contributed by atoms with van der Waals surface area (Å²) < 4.78 is 17.2. The van der Waals surface area contributed by atoms with E-state index in [4.69, 9.17) is 13.9 Å². The predicted octanol–water partition coefficient (Wildman–Crippen LogP) is 2.54. The summed E-state index contributed by atoms with van der Waals surface area (Å²) in [6, 6.07) is 9.10. The normalized spacial score (nSPS) is 18.3. The number of piperazine rings is 1. The highest BCUT2D eigenvalue weighted by Gasteiger charge is 2.21. The van der Waals surface area contributed by atoms with E-state index in [2.05, 4.69) is 14.7 Å². The van der Waals surface area contributed by atoms with Crippen molar-refractivity contribution in [3.05, 3.63) is 52.1 Å². The maximum absolute atomic E-state index is 12.3. The van der Waals surface area contributed by atoms with Crippen LogP contribution < -0.4 is 14.9 Å². The first-order valence-electron chi connectivity index (χ1n) is 11.9. The molecule has 2 aliphatic rings. The zero-order valence-corrected chi connectivity index (χ0v) is 19.5. The quantitative estimate of drug-likeness (QED) is 0.616. The number of methoxy groups -OCH3 is 1. The topological polar surface area (TPSA) is 78.6 Å². The molecular weight excluding hydrogens is 422 g/mol. The molecule has 0 amide bonds. The number of piperidine rings is 1. The molecule has 4 rings (SSSR count). The van der Waals surface area contributed by atoms with Gasteiger partial charge in [-0.15, -0.1) is 0 Å². The average Bonchev–Trinajstić information content (AvgIpc) is 2.84. The van der Waals surface area contributed by atoms with Crippen LogP contribution in [0.15, 0.2) is 39.5 Å². The first-order valence-corrected chi connectivity index (χ1v) is 11.9. The molecule has 1 N–H and O–H groups in total. The van der Waals surface area contributed by atoms with Gasteiger partial charge in [0.2, 0.25) is 11.2 Å². The van der Waals surface area contributed by atoms with E-state index in [1.54, 1.807) is 7.11 Å². The fraction of sp³-hybridized carbons (Fsp3) is 0.560. The molecule has 180 valence electrons. The van der Waals surface area contributed by atoms with Gasteiger partial charge in [0.25, 0.3) is 0 Å². The highest BCUT2D eigenvalue weighted by molar-refractivity contribution is 5.39. The third-order valence-corrected chi connectivity index (χ3v) is 6.44. The number of ether oxygens (including phenoxy) is 2. The molecule has 2 aliphatic heterocycles. The minimum Gasteiger partial charge on any atom is -0.502 e. The highest BCUT2D eigenvalue weighted by Crippen LogP contribution is 2.25. The second-order valence-corrected chi connectivity index (χ2v) is 8.80. The van der Waals surface area contributed by atoms with Crippen molar-refractivity contribution in [1.29, 1.82) is 0 Å². The Morgan fingerprint density at radius 3 is 2.30 bits per heavy atom. The summed E-state index contributed by atoms with van der Waals surface area (Å²) in [5.74, 6) is 2.26. The van der Waals surface area contributed by atoms with Crippen LogP contribution in [0.2, 0.25) is 0 Å². The van der Waals surface area contributed by atoms with Gasteiger partial charge in [-0.3, -0.25) is 19.5 Å². The smallest absolute Gasteiger partial charge is 0.227 e. The summed E-state index contributed by atoms with van der Waals surface area (Å²) in [4.78, 5) is 19.2. The Balaban J connectivity index is 1.25. The van der Waals surface area contributed by atoms with Crippen molar-refractivity contribution in [3.8, 4) is 17.2 Å². The highest BCUT2D eigenvalue weighted by atomic mass is 16.5. The minimum atomic E-state index is -0.351. The third-order valence-electron chi connectivity index (χ3n) is 6.44. The van der Waals surface area contributed by atoms with E-state index < -0.39 is 0 Å². The van der Waals surface area contributed by atoms with Crippen LogP contribution in [0.4, 0.5) is 0 Å². The van der Waals surface area contributed by atoms with Crippen LogP contribution >= 0.6 is 0 Å². The van der Waals surface area contributed by atoms with Crippen molar-refractivity contribution in [3.63, 3.8) is 0 Å². The van der Waals surface area contributed by atoms with Crippen LogP contribution in [0.1, 0.15) is 30.8 Å².